The molecule has 1 aromatic carbocycles. The van der Waals surface area contributed by atoms with Gasteiger partial charge in [-0.05, 0) is 45.6 Å². The van der Waals surface area contributed by atoms with E-state index in [1.54, 1.807) is 13.1 Å². The van der Waals surface area contributed by atoms with Gasteiger partial charge in [-0.15, -0.1) is 0 Å². The van der Waals surface area contributed by atoms with Gasteiger partial charge in [-0.3, -0.25) is 4.57 Å². The van der Waals surface area contributed by atoms with Crippen LogP contribution in [0.1, 0.15) is 12.5 Å². The predicted octanol–water partition coefficient (Wildman–Crippen LogP) is 3.59. The van der Waals surface area contributed by atoms with Crippen molar-refractivity contribution in [3.8, 4) is 0 Å². The van der Waals surface area contributed by atoms with Gasteiger partial charge in [-0.25, -0.2) is 9.59 Å². The smallest absolute Gasteiger partial charge is 0.428 e. The number of allylic oxidation sites excluding steroid dienone is 1. The highest BCUT2D eigenvalue weighted by Gasteiger charge is 2.20. The molecule has 0 saturated heterocycles. The number of likely N-dealkylation sites (N-methyl/N-ethyl adjacent to an activating group) is 1. The molecule has 3 rings (SSSR count). The highest BCUT2D eigenvalue weighted by Crippen LogP contribution is 2.23. The van der Waals surface area contributed by atoms with Crippen molar-refractivity contribution in [1.82, 2.24) is 9.47 Å². The molecule has 1 aromatic heterocycles. The number of benzene rings is 1. The zero-order valence-electron chi connectivity index (χ0n) is 17.2. The first-order chi connectivity index (χ1) is 14.3. The van der Waals surface area contributed by atoms with Gasteiger partial charge in [0, 0.05) is 18.1 Å². The molecule has 2 aromatic rings. The number of ether oxygens (including phenoxy) is 5. The van der Waals surface area contributed by atoms with Crippen molar-refractivity contribution >= 4 is 23.2 Å². The molecule has 2 heterocycles. The average molecular weight is 416 g/mol. The standard InChI is InChI=1S/C21H24N2O7/c1-14-19(30-15(2)29-14)12-26-21(25)28-13-27-20(24)23-11-16(9-10-22(3)4)17-7-5-6-8-18(17)23/h5-8,11H,2,9-10,12-13H2,1,3-4H3. The fraction of sp³-hybridized carbons (Fsp3) is 0.333. The minimum Gasteiger partial charge on any atom is -0.428 e. The van der Waals surface area contributed by atoms with Crippen molar-refractivity contribution in [2.45, 2.75) is 13.3 Å². The third-order valence-electron chi connectivity index (χ3n) is 4.40. The maximum absolute atomic E-state index is 12.5. The first kappa shape index (κ1) is 21.3. The highest BCUT2D eigenvalue weighted by molar-refractivity contribution is 5.92. The van der Waals surface area contributed by atoms with Crippen molar-refractivity contribution < 1.29 is 33.3 Å². The lowest BCUT2D eigenvalue weighted by Crippen LogP contribution is -2.18. The molecule has 9 nitrogen and oxygen atoms in total. The summed E-state index contributed by atoms with van der Waals surface area (Å²) >= 11 is 0. The molecular weight excluding hydrogens is 392 g/mol. The summed E-state index contributed by atoms with van der Waals surface area (Å²) in [5.74, 6) is 0.874. The van der Waals surface area contributed by atoms with Gasteiger partial charge in [0.15, 0.2) is 12.4 Å². The van der Waals surface area contributed by atoms with Gasteiger partial charge in [0.25, 0.3) is 5.95 Å². The van der Waals surface area contributed by atoms with Crippen LogP contribution in [0.5, 0.6) is 0 Å². The van der Waals surface area contributed by atoms with Crippen LogP contribution in [-0.2, 0) is 30.1 Å². The maximum atomic E-state index is 12.5. The lowest BCUT2D eigenvalue weighted by molar-refractivity contribution is -0.0144. The number of fused-ring (bicyclic) bond motifs is 1. The van der Waals surface area contributed by atoms with Gasteiger partial charge < -0.3 is 28.6 Å². The van der Waals surface area contributed by atoms with E-state index in [-0.39, 0.29) is 12.6 Å². The summed E-state index contributed by atoms with van der Waals surface area (Å²) < 4.78 is 26.4. The Morgan fingerprint density at radius 2 is 1.90 bits per heavy atom. The van der Waals surface area contributed by atoms with Crippen molar-refractivity contribution in [1.29, 1.82) is 0 Å². The van der Waals surface area contributed by atoms with Crippen molar-refractivity contribution in [3.05, 3.63) is 60.1 Å². The summed E-state index contributed by atoms with van der Waals surface area (Å²) in [7, 11) is 3.98. The van der Waals surface area contributed by atoms with E-state index < -0.39 is 19.0 Å². The number of hydrogen-bond acceptors (Lipinski definition) is 8. The molecule has 0 unspecified atom stereocenters. The second-order valence-electron chi connectivity index (χ2n) is 6.86. The number of para-hydroxylation sites is 1. The minimum atomic E-state index is -1.01. The molecule has 0 saturated carbocycles. The Hall–Kier alpha value is -3.46. The van der Waals surface area contributed by atoms with E-state index in [0.717, 1.165) is 29.4 Å². The molecule has 0 amide bonds. The highest BCUT2D eigenvalue weighted by atomic mass is 16.8. The number of carbonyl (C=O) groups excluding carboxylic acids is 2. The molecule has 0 radical (unpaired) electrons. The summed E-state index contributed by atoms with van der Waals surface area (Å²) in [4.78, 5) is 26.2. The molecule has 0 atom stereocenters. The number of carbonyl (C=O) groups is 2. The molecule has 0 aliphatic carbocycles. The average Bonchev–Trinajstić information content (AvgIpc) is 3.23. The number of rotatable bonds is 7. The van der Waals surface area contributed by atoms with E-state index in [9.17, 15) is 9.59 Å². The van der Waals surface area contributed by atoms with Crippen LogP contribution in [0.3, 0.4) is 0 Å². The normalized spacial score (nSPS) is 13.4. The quantitative estimate of drug-likeness (QED) is 0.500. The molecule has 9 heteroatoms. The summed E-state index contributed by atoms with van der Waals surface area (Å²) in [5, 5.41) is 0.973. The van der Waals surface area contributed by atoms with Crippen molar-refractivity contribution in [3.63, 3.8) is 0 Å². The Morgan fingerprint density at radius 1 is 1.13 bits per heavy atom. The van der Waals surface area contributed by atoms with E-state index in [4.69, 9.17) is 23.7 Å². The van der Waals surface area contributed by atoms with Gasteiger partial charge in [-0.2, -0.15) is 0 Å². The van der Waals surface area contributed by atoms with E-state index in [1.165, 1.54) is 4.57 Å². The van der Waals surface area contributed by atoms with Crippen molar-refractivity contribution in [2.75, 3.05) is 34.0 Å². The van der Waals surface area contributed by atoms with E-state index >= 15 is 0 Å². The minimum absolute atomic E-state index is 0.109. The molecule has 0 spiro atoms. The second kappa shape index (κ2) is 9.36. The summed E-state index contributed by atoms with van der Waals surface area (Å²) in [6.07, 6.45) is 0.865. The van der Waals surface area contributed by atoms with Gasteiger partial charge in [0.1, 0.15) is 5.76 Å². The Kier molecular flexibility index (Phi) is 6.63. The summed E-state index contributed by atoms with van der Waals surface area (Å²) in [5.41, 5.74) is 1.75. The Labute approximate surface area is 174 Å². The van der Waals surface area contributed by atoms with E-state index in [1.807, 2.05) is 38.4 Å². The molecule has 160 valence electrons. The lowest BCUT2D eigenvalue weighted by Gasteiger charge is -2.08. The summed E-state index contributed by atoms with van der Waals surface area (Å²) in [6, 6.07) is 7.55. The van der Waals surface area contributed by atoms with Crippen LogP contribution in [0.4, 0.5) is 9.59 Å². The maximum Gasteiger partial charge on any atom is 0.511 e. The number of aromatic nitrogens is 1. The molecule has 1 aliphatic heterocycles. The molecule has 0 fully saturated rings. The number of hydrogen-bond donors (Lipinski definition) is 0. The van der Waals surface area contributed by atoms with E-state index in [2.05, 4.69) is 11.5 Å². The van der Waals surface area contributed by atoms with Crippen LogP contribution >= 0.6 is 0 Å². The van der Waals surface area contributed by atoms with Crippen LogP contribution in [0.2, 0.25) is 0 Å². The first-order valence-corrected chi connectivity index (χ1v) is 9.30. The first-order valence-electron chi connectivity index (χ1n) is 9.30. The fourth-order valence-corrected chi connectivity index (χ4v) is 2.90. The third kappa shape index (κ3) is 5.12. The van der Waals surface area contributed by atoms with Gasteiger partial charge in [-0.1, -0.05) is 18.2 Å². The van der Waals surface area contributed by atoms with Crippen LogP contribution in [0.15, 0.2) is 54.5 Å². The van der Waals surface area contributed by atoms with Crippen LogP contribution in [-0.4, -0.2) is 55.8 Å². The zero-order chi connectivity index (χ0) is 21.7. The van der Waals surface area contributed by atoms with E-state index in [0.29, 0.717) is 11.5 Å². The van der Waals surface area contributed by atoms with Gasteiger partial charge in [0.2, 0.25) is 6.79 Å². The fourth-order valence-electron chi connectivity index (χ4n) is 2.90. The Bertz CT molecular complexity index is 990. The molecular formula is C21H24N2O7. The SMILES string of the molecule is C=C1OC(C)=C(COC(=O)OCOC(=O)n2cc(CCN(C)C)c3ccccc32)O1. The largest absolute Gasteiger partial charge is 0.511 e. The lowest BCUT2D eigenvalue weighted by atomic mass is 10.1. The molecule has 0 N–H and O–H groups in total. The van der Waals surface area contributed by atoms with Crippen molar-refractivity contribution in [2.24, 2.45) is 0 Å². The number of nitrogens with zero attached hydrogens (tertiary/aromatic N) is 2. The third-order valence-corrected chi connectivity index (χ3v) is 4.40. The van der Waals surface area contributed by atoms with Gasteiger partial charge >= 0.3 is 12.2 Å². The van der Waals surface area contributed by atoms with Crippen LogP contribution < -0.4 is 0 Å². The Morgan fingerprint density at radius 3 is 2.60 bits per heavy atom. The monoisotopic (exact) mass is 416 g/mol. The predicted molar refractivity (Wildman–Crippen MR) is 107 cm³/mol. The zero-order valence-corrected chi connectivity index (χ0v) is 17.2. The molecule has 0 bridgehead atoms. The molecule has 1 aliphatic rings. The second-order valence-corrected chi connectivity index (χ2v) is 6.86. The van der Waals surface area contributed by atoms with Crippen LogP contribution in [0.25, 0.3) is 10.9 Å². The summed E-state index contributed by atoms with van der Waals surface area (Å²) in [6.45, 7) is 5.23. The topological polar surface area (TPSA) is 88.5 Å². The Balaban J connectivity index is 1.53. The van der Waals surface area contributed by atoms with Gasteiger partial charge in [0.05, 0.1) is 5.52 Å². The molecule has 30 heavy (non-hydrogen) atoms. The van der Waals surface area contributed by atoms with Crippen LogP contribution in [0, 0.1) is 0 Å².